The fourth-order valence-electron chi connectivity index (χ4n) is 2.69. The van der Waals surface area contributed by atoms with E-state index >= 15 is 0 Å². The van der Waals surface area contributed by atoms with Gasteiger partial charge < -0.3 is 15.2 Å². The number of hydrogen-bond acceptors (Lipinski definition) is 5. The summed E-state index contributed by atoms with van der Waals surface area (Å²) in [5.74, 6) is 0.557. The summed E-state index contributed by atoms with van der Waals surface area (Å²) in [4.78, 5) is 24.0. The normalized spacial score (nSPS) is 10.5. The molecule has 2 amide bonds. The van der Waals surface area contributed by atoms with E-state index in [-0.39, 0.29) is 17.6 Å². The van der Waals surface area contributed by atoms with Crippen molar-refractivity contribution in [3.63, 3.8) is 0 Å². The van der Waals surface area contributed by atoms with E-state index in [1.807, 2.05) is 42.8 Å². The van der Waals surface area contributed by atoms with Crippen molar-refractivity contribution in [1.29, 1.82) is 0 Å². The van der Waals surface area contributed by atoms with Crippen LogP contribution in [-0.4, -0.2) is 39.4 Å². The molecule has 0 fully saturated rings. The second kappa shape index (κ2) is 8.71. The number of aryl methyl sites for hydroxylation is 1. The molecule has 0 aliphatic carbocycles. The van der Waals surface area contributed by atoms with E-state index in [9.17, 15) is 9.59 Å². The molecule has 1 aromatic heterocycles. The Kier molecular flexibility index (Phi) is 6.10. The van der Waals surface area contributed by atoms with Crippen molar-refractivity contribution >= 4 is 29.3 Å². The number of nitrogens with one attached hydrogen (secondary N) is 2. The van der Waals surface area contributed by atoms with Crippen molar-refractivity contribution < 1.29 is 9.59 Å². The molecule has 144 valence electrons. The summed E-state index contributed by atoms with van der Waals surface area (Å²) >= 11 is 1.31. The first-order valence-corrected chi connectivity index (χ1v) is 9.67. The summed E-state index contributed by atoms with van der Waals surface area (Å²) in [6.07, 6.45) is 0. The van der Waals surface area contributed by atoms with Gasteiger partial charge in [0, 0.05) is 30.9 Å². The second-order valence-corrected chi connectivity index (χ2v) is 7.17. The van der Waals surface area contributed by atoms with Gasteiger partial charge in [-0.3, -0.25) is 9.59 Å². The lowest BCUT2D eigenvalue weighted by Crippen LogP contribution is -2.19. The minimum absolute atomic E-state index is 0.181. The SMILES string of the molecule is CNC(=O)c1cccc(NC(=O)CSc2nnc(-c3cccc(C)c3)n2C)c1. The van der Waals surface area contributed by atoms with Gasteiger partial charge in [0.05, 0.1) is 5.75 Å². The van der Waals surface area contributed by atoms with E-state index in [4.69, 9.17) is 0 Å². The predicted octanol–water partition coefficient (Wildman–Crippen LogP) is 2.88. The Balaban J connectivity index is 1.63. The monoisotopic (exact) mass is 395 g/mol. The number of benzene rings is 2. The van der Waals surface area contributed by atoms with Gasteiger partial charge in [-0.15, -0.1) is 10.2 Å². The molecule has 0 atom stereocenters. The Hall–Kier alpha value is -3.13. The standard InChI is InChI=1S/C20H21N5O2S/c1-13-6-4-7-14(10-13)18-23-24-20(25(18)3)28-12-17(26)22-16-9-5-8-15(11-16)19(27)21-2/h4-11H,12H2,1-3H3,(H,21,27)(H,22,26). The summed E-state index contributed by atoms with van der Waals surface area (Å²) in [6, 6.07) is 14.8. The largest absolute Gasteiger partial charge is 0.355 e. The van der Waals surface area contributed by atoms with Crippen LogP contribution in [0, 0.1) is 6.92 Å². The Morgan fingerprint density at radius 2 is 1.89 bits per heavy atom. The van der Waals surface area contributed by atoms with Gasteiger partial charge in [0.2, 0.25) is 5.91 Å². The smallest absolute Gasteiger partial charge is 0.251 e. The van der Waals surface area contributed by atoms with Crippen LogP contribution in [0.25, 0.3) is 11.4 Å². The second-order valence-electron chi connectivity index (χ2n) is 6.23. The minimum atomic E-state index is -0.201. The van der Waals surface area contributed by atoms with Gasteiger partial charge in [0.15, 0.2) is 11.0 Å². The lowest BCUT2D eigenvalue weighted by atomic mass is 10.1. The van der Waals surface area contributed by atoms with Gasteiger partial charge in [-0.1, -0.05) is 41.6 Å². The number of carbonyl (C=O) groups excluding carboxylic acids is 2. The maximum Gasteiger partial charge on any atom is 0.251 e. The number of amides is 2. The number of hydrogen-bond donors (Lipinski definition) is 2. The molecule has 0 unspecified atom stereocenters. The molecule has 0 aliphatic rings. The summed E-state index contributed by atoms with van der Waals surface area (Å²) in [6.45, 7) is 2.03. The van der Waals surface area contributed by atoms with Crippen LogP contribution in [0.5, 0.6) is 0 Å². The fourth-order valence-corrected chi connectivity index (χ4v) is 3.40. The highest BCUT2D eigenvalue weighted by Gasteiger charge is 2.13. The molecular weight excluding hydrogens is 374 g/mol. The quantitative estimate of drug-likeness (QED) is 0.627. The summed E-state index contributed by atoms with van der Waals surface area (Å²) in [5, 5.41) is 14.5. The fraction of sp³-hybridized carbons (Fsp3) is 0.200. The van der Waals surface area contributed by atoms with Gasteiger partial charge >= 0.3 is 0 Å². The van der Waals surface area contributed by atoms with Crippen LogP contribution in [0.3, 0.4) is 0 Å². The molecule has 2 aromatic carbocycles. The summed E-state index contributed by atoms with van der Waals surface area (Å²) < 4.78 is 1.87. The topological polar surface area (TPSA) is 88.9 Å². The van der Waals surface area contributed by atoms with Gasteiger partial charge in [-0.25, -0.2) is 0 Å². The third kappa shape index (κ3) is 4.58. The Labute approximate surface area is 167 Å². The zero-order valence-corrected chi connectivity index (χ0v) is 16.7. The van der Waals surface area contributed by atoms with Crippen molar-refractivity contribution in [3.8, 4) is 11.4 Å². The van der Waals surface area contributed by atoms with Gasteiger partial charge in [-0.05, 0) is 31.2 Å². The maximum absolute atomic E-state index is 12.3. The first-order chi connectivity index (χ1) is 13.5. The number of carbonyl (C=O) groups is 2. The molecule has 0 bridgehead atoms. The van der Waals surface area contributed by atoms with Gasteiger partial charge in [0.25, 0.3) is 5.91 Å². The highest BCUT2D eigenvalue weighted by atomic mass is 32.2. The van der Waals surface area contributed by atoms with Gasteiger partial charge in [0.1, 0.15) is 0 Å². The average Bonchev–Trinajstić information content (AvgIpc) is 3.06. The van der Waals surface area contributed by atoms with E-state index in [1.165, 1.54) is 11.8 Å². The molecule has 0 saturated carbocycles. The van der Waals surface area contributed by atoms with E-state index in [0.29, 0.717) is 16.4 Å². The van der Waals surface area contributed by atoms with E-state index < -0.39 is 0 Å². The van der Waals surface area contributed by atoms with E-state index in [0.717, 1.165) is 17.0 Å². The third-order valence-electron chi connectivity index (χ3n) is 4.08. The van der Waals surface area contributed by atoms with Crippen LogP contribution in [0.2, 0.25) is 0 Å². The lowest BCUT2D eigenvalue weighted by Gasteiger charge is -2.07. The van der Waals surface area contributed by atoms with Crippen LogP contribution in [-0.2, 0) is 11.8 Å². The molecule has 8 heteroatoms. The number of rotatable bonds is 6. The molecule has 2 N–H and O–H groups in total. The summed E-state index contributed by atoms with van der Waals surface area (Å²) in [5.41, 5.74) is 3.19. The average molecular weight is 395 g/mol. The molecule has 0 saturated heterocycles. The Bertz CT molecular complexity index is 1020. The van der Waals surface area contributed by atoms with Crippen LogP contribution in [0.15, 0.2) is 53.7 Å². The summed E-state index contributed by atoms with van der Waals surface area (Å²) in [7, 11) is 3.45. The van der Waals surface area contributed by atoms with E-state index in [2.05, 4.69) is 20.8 Å². The minimum Gasteiger partial charge on any atom is -0.355 e. The molecule has 28 heavy (non-hydrogen) atoms. The molecule has 0 radical (unpaired) electrons. The van der Waals surface area contributed by atoms with E-state index in [1.54, 1.807) is 31.3 Å². The number of aromatic nitrogens is 3. The molecule has 1 heterocycles. The molecular formula is C20H21N5O2S. The third-order valence-corrected chi connectivity index (χ3v) is 5.10. The molecule has 3 aromatic rings. The first kappa shape index (κ1) is 19.6. The van der Waals surface area contributed by atoms with Crippen LogP contribution < -0.4 is 10.6 Å². The highest BCUT2D eigenvalue weighted by molar-refractivity contribution is 7.99. The zero-order chi connectivity index (χ0) is 20.1. The highest BCUT2D eigenvalue weighted by Crippen LogP contribution is 2.23. The van der Waals surface area contributed by atoms with Crippen molar-refractivity contribution in [2.75, 3.05) is 18.1 Å². The molecule has 7 nitrogen and oxygen atoms in total. The van der Waals surface area contributed by atoms with Crippen molar-refractivity contribution in [2.24, 2.45) is 7.05 Å². The van der Waals surface area contributed by atoms with Crippen LogP contribution >= 0.6 is 11.8 Å². The van der Waals surface area contributed by atoms with Crippen molar-refractivity contribution in [3.05, 3.63) is 59.7 Å². The van der Waals surface area contributed by atoms with Crippen molar-refractivity contribution in [1.82, 2.24) is 20.1 Å². The first-order valence-electron chi connectivity index (χ1n) is 8.69. The molecule has 0 aliphatic heterocycles. The number of nitrogens with zero attached hydrogens (tertiary/aromatic N) is 3. The Morgan fingerprint density at radius 1 is 1.11 bits per heavy atom. The predicted molar refractivity (Wildman–Crippen MR) is 110 cm³/mol. The number of anilines is 1. The van der Waals surface area contributed by atoms with Crippen LogP contribution in [0.1, 0.15) is 15.9 Å². The van der Waals surface area contributed by atoms with Gasteiger partial charge in [-0.2, -0.15) is 0 Å². The molecule has 3 rings (SSSR count). The zero-order valence-electron chi connectivity index (χ0n) is 15.9. The van der Waals surface area contributed by atoms with Crippen molar-refractivity contribution in [2.45, 2.75) is 12.1 Å². The number of thioether (sulfide) groups is 1. The molecule has 0 spiro atoms. The Morgan fingerprint density at radius 3 is 2.64 bits per heavy atom. The lowest BCUT2D eigenvalue weighted by molar-refractivity contribution is -0.113. The maximum atomic E-state index is 12.3. The van der Waals surface area contributed by atoms with Crippen LogP contribution in [0.4, 0.5) is 5.69 Å².